The van der Waals surface area contributed by atoms with Crippen molar-refractivity contribution in [2.75, 3.05) is 12.4 Å². The molecule has 0 bridgehead atoms. The Morgan fingerprint density at radius 1 is 1.24 bits per heavy atom. The number of benzene rings is 1. The lowest BCUT2D eigenvalue weighted by Gasteiger charge is -2.22. The van der Waals surface area contributed by atoms with Crippen molar-refractivity contribution in [2.24, 2.45) is 5.92 Å². The van der Waals surface area contributed by atoms with Gasteiger partial charge in [0.2, 0.25) is 11.7 Å². The highest BCUT2D eigenvalue weighted by Gasteiger charge is 2.36. The number of nitrogens with one attached hydrogen (secondary N) is 4. The third-order valence-electron chi connectivity index (χ3n) is 4.85. The minimum absolute atomic E-state index is 0.0349. The van der Waals surface area contributed by atoms with E-state index in [-0.39, 0.29) is 34.6 Å². The van der Waals surface area contributed by atoms with Crippen LogP contribution in [0.2, 0.25) is 5.02 Å². The van der Waals surface area contributed by atoms with E-state index in [0.29, 0.717) is 6.42 Å². The maximum absolute atomic E-state index is 13.1. The van der Waals surface area contributed by atoms with E-state index in [0.717, 1.165) is 0 Å². The first-order chi connectivity index (χ1) is 15.3. The third-order valence-corrected chi connectivity index (χ3v) is 5.09. The van der Waals surface area contributed by atoms with Crippen LogP contribution in [0.25, 0.3) is 0 Å². The molecule has 1 heterocycles. The topological polar surface area (TPSA) is 143 Å². The summed E-state index contributed by atoms with van der Waals surface area (Å²) < 4.78 is 5.22. The largest absolute Gasteiger partial charge is 0.444 e. The van der Waals surface area contributed by atoms with Crippen molar-refractivity contribution in [3.63, 3.8) is 0 Å². The first-order valence-corrected chi connectivity index (χ1v) is 10.8. The average molecular weight is 481 g/mol. The number of hydrogen-bond acceptors (Lipinski definition) is 6. The van der Waals surface area contributed by atoms with Gasteiger partial charge in [0.15, 0.2) is 0 Å². The van der Waals surface area contributed by atoms with Gasteiger partial charge < -0.3 is 20.7 Å². The number of carbonyl (C=O) groups is 5. The minimum Gasteiger partial charge on any atom is -0.444 e. The Labute approximate surface area is 197 Å². The predicted octanol–water partition coefficient (Wildman–Crippen LogP) is 2.02. The standard InChI is InChI=1S/C22H29ClN4O6/c1-11-8-12(18(29)25-11)9-16(17(28)20(31)24-5)26-19(30)14-10-13(23)6-7-15(14)27-21(32)33-22(2,3)4/h6-7,10-12,16H,8-9H2,1-5H3,(H,24,31)(H,25,29)(H,26,30)(H,27,32)/t11-,12+,16?/m1/s1. The van der Waals surface area contributed by atoms with E-state index in [2.05, 4.69) is 21.3 Å². The Balaban J connectivity index is 2.28. The highest BCUT2D eigenvalue weighted by Crippen LogP contribution is 2.24. The van der Waals surface area contributed by atoms with E-state index < -0.39 is 41.3 Å². The SMILES string of the molecule is CNC(=O)C(=O)C(C[C@@H]1C[C@@H](C)NC1=O)NC(=O)c1cc(Cl)ccc1NC(=O)OC(C)(C)C. The second-order valence-corrected chi connectivity index (χ2v) is 9.30. The molecule has 33 heavy (non-hydrogen) atoms. The van der Waals surface area contributed by atoms with E-state index in [1.54, 1.807) is 20.8 Å². The number of Topliss-reactive ketones (excluding diaryl/α,β-unsaturated/α-hetero) is 1. The van der Waals surface area contributed by atoms with Crippen LogP contribution in [0.4, 0.5) is 10.5 Å². The zero-order valence-electron chi connectivity index (χ0n) is 19.2. The minimum atomic E-state index is -1.26. The van der Waals surface area contributed by atoms with Gasteiger partial charge in [0.1, 0.15) is 5.60 Å². The lowest BCUT2D eigenvalue weighted by molar-refractivity contribution is -0.139. The van der Waals surface area contributed by atoms with Crippen LogP contribution >= 0.6 is 11.6 Å². The molecule has 180 valence electrons. The van der Waals surface area contributed by atoms with Gasteiger partial charge in [-0.1, -0.05) is 11.6 Å². The number of hydrogen-bond donors (Lipinski definition) is 4. The van der Waals surface area contributed by atoms with Gasteiger partial charge in [-0.25, -0.2) is 4.79 Å². The summed E-state index contributed by atoms with van der Waals surface area (Å²) in [4.78, 5) is 62.0. The summed E-state index contributed by atoms with van der Waals surface area (Å²) in [6.07, 6.45) is -0.369. The summed E-state index contributed by atoms with van der Waals surface area (Å²) in [7, 11) is 1.29. The summed E-state index contributed by atoms with van der Waals surface area (Å²) in [5.41, 5.74) is -0.694. The number of ether oxygens (including phenoxy) is 1. The van der Waals surface area contributed by atoms with Crippen molar-refractivity contribution in [1.29, 1.82) is 0 Å². The molecule has 4 N–H and O–H groups in total. The molecule has 3 atom stereocenters. The normalized spacial score (nSPS) is 18.7. The molecule has 1 aliphatic heterocycles. The molecular formula is C22H29ClN4O6. The number of rotatable bonds is 7. The second kappa shape index (κ2) is 10.7. The van der Waals surface area contributed by atoms with Crippen LogP contribution in [0.5, 0.6) is 0 Å². The smallest absolute Gasteiger partial charge is 0.412 e. The van der Waals surface area contributed by atoms with Crippen molar-refractivity contribution in [3.8, 4) is 0 Å². The van der Waals surface area contributed by atoms with E-state index in [9.17, 15) is 24.0 Å². The highest BCUT2D eigenvalue weighted by molar-refractivity contribution is 6.38. The quantitative estimate of drug-likeness (QED) is 0.440. The lowest BCUT2D eigenvalue weighted by Crippen LogP contribution is -2.48. The fourth-order valence-electron chi connectivity index (χ4n) is 3.42. The van der Waals surface area contributed by atoms with E-state index in [1.807, 2.05) is 6.92 Å². The van der Waals surface area contributed by atoms with Crippen LogP contribution in [0, 0.1) is 5.92 Å². The first kappa shape index (κ1) is 26.1. The number of carbonyl (C=O) groups excluding carboxylic acids is 5. The molecule has 1 aliphatic rings. The zero-order valence-corrected chi connectivity index (χ0v) is 20.0. The molecule has 1 aromatic rings. The van der Waals surface area contributed by atoms with E-state index >= 15 is 0 Å². The van der Waals surface area contributed by atoms with Crippen LogP contribution in [0.15, 0.2) is 18.2 Å². The average Bonchev–Trinajstić information content (AvgIpc) is 3.02. The molecular weight excluding hydrogens is 452 g/mol. The predicted molar refractivity (Wildman–Crippen MR) is 122 cm³/mol. The van der Waals surface area contributed by atoms with Gasteiger partial charge in [-0.3, -0.25) is 24.5 Å². The fraction of sp³-hybridized carbons (Fsp3) is 0.500. The molecule has 0 spiro atoms. The first-order valence-electron chi connectivity index (χ1n) is 10.5. The van der Waals surface area contributed by atoms with Crippen molar-refractivity contribution >= 4 is 46.9 Å². The van der Waals surface area contributed by atoms with Crippen molar-refractivity contribution in [1.82, 2.24) is 16.0 Å². The van der Waals surface area contributed by atoms with E-state index in [1.165, 1.54) is 25.2 Å². The van der Waals surface area contributed by atoms with E-state index in [4.69, 9.17) is 16.3 Å². The monoisotopic (exact) mass is 480 g/mol. The zero-order chi connectivity index (χ0) is 24.9. The fourth-order valence-corrected chi connectivity index (χ4v) is 3.59. The Kier molecular flexibility index (Phi) is 8.43. The molecule has 1 saturated heterocycles. The van der Waals surface area contributed by atoms with Crippen molar-refractivity contribution in [3.05, 3.63) is 28.8 Å². The summed E-state index contributed by atoms with van der Waals surface area (Å²) >= 11 is 6.04. The van der Waals surface area contributed by atoms with Gasteiger partial charge in [0, 0.05) is 24.0 Å². The maximum atomic E-state index is 13.1. The van der Waals surface area contributed by atoms with Crippen LogP contribution in [0.1, 0.15) is 50.9 Å². The van der Waals surface area contributed by atoms with Crippen molar-refractivity contribution < 1.29 is 28.7 Å². The molecule has 4 amide bonds. The van der Waals surface area contributed by atoms with Crippen LogP contribution in [-0.2, 0) is 19.1 Å². The van der Waals surface area contributed by atoms with Gasteiger partial charge in [0.05, 0.1) is 17.3 Å². The molecule has 0 saturated carbocycles. The van der Waals surface area contributed by atoms with Gasteiger partial charge in [0.25, 0.3) is 11.8 Å². The summed E-state index contributed by atoms with van der Waals surface area (Å²) in [6.45, 7) is 6.90. The van der Waals surface area contributed by atoms with Crippen LogP contribution in [-0.4, -0.2) is 54.3 Å². The van der Waals surface area contributed by atoms with Gasteiger partial charge in [-0.2, -0.15) is 0 Å². The molecule has 0 aliphatic carbocycles. The number of ketones is 1. The number of likely N-dealkylation sites (N-methyl/N-ethyl adjacent to an activating group) is 1. The Morgan fingerprint density at radius 3 is 2.45 bits per heavy atom. The highest BCUT2D eigenvalue weighted by atomic mass is 35.5. The molecule has 11 heteroatoms. The maximum Gasteiger partial charge on any atom is 0.412 e. The Hall–Kier alpha value is -3.14. The summed E-state index contributed by atoms with van der Waals surface area (Å²) in [6, 6.07) is 2.87. The summed E-state index contributed by atoms with van der Waals surface area (Å²) in [5.74, 6) is -3.33. The van der Waals surface area contributed by atoms with Gasteiger partial charge in [-0.15, -0.1) is 0 Å². The number of halogens is 1. The summed E-state index contributed by atoms with van der Waals surface area (Å²) in [5, 5.41) is 10.2. The molecule has 1 unspecified atom stereocenters. The number of anilines is 1. The molecule has 10 nitrogen and oxygen atoms in total. The molecule has 1 fully saturated rings. The third kappa shape index (κ3) is 7.45. The Bertz CT molecular complexity index is 959. The van der Waals surface area contributed by atoms with Crippen LogP contribution in [0.3, 0.4) is 0 Å². The molecule has 0 aromatic heterocycles. The van der Waals surface area contributed by atoms with Gasteiger partial charge in [-0.05, 0) is 58.7 Å². The molecule has 0 radical (unpaired) electrons. The van der Waals surface area contributed by atoms with Gasteiger partial charge >= 0.3 is 6.09 Å². The number of amides is 4. The Morgan fingerprint density at radius 2 is 1.91 bits per heavy atom. The lowest BCUT2D eigenvalue weighted by atomic mass is 9.93. The second-order valence-electron chi connectivity index (χ2n) is 8.86. The molecule has 1 aromatic carbocycles. The van der Waals surface area contributed by atoms with Crippen LogP contribution < -0.4 is 21.3 Å². The van der Waals surface area contributed by atoms with Crippen molar-refractivity contribution in [2.45, 2.75) is 58.2 Å². The molecule has 2 rings (SSSR count).